The summed E-state index contributed by atoms with van der Waals surface area (Å²) < 4.78 is 5.84. The van der Waals surface area contributed by atoms with E-state index in [1.54, 1.807) is 12.1 Å². The van der Waals surface area contributed by atoms with Crippen LogP contribution in [0, 0.1) is 0 Å². The molecule has 4 heteroatoms. The summed E-state index contributed by atoms with van der Waals surface area (Å²) in [5, 5.41) is 3.77. The Hall–Kier alpha value is -2.78. The number of hydrogen-bond donors (Lipinski definition) is 1. The first-order chi connectivity index (χ1) is 14.1. The Morgan fingerprint density at radius 1 is 1.03 bits per heavy atom. The second kappa shape index (κ2) is 8.71. The van der Waals surface area contributed by atoms with Crippen LogP contribution in [0.15, 0.2) is 66.7 Å². The average Bonchev–Trinajstić information content (AvgIpc) is 3.21. The van der Waals surface area contributed by atoms with Gasteiger partial charge in [0, 0.05) is 16.1 Å². The monoisotopic (exact) mass is 405 g/mol. The molecule has 1 atom stereocenters. The lowest BCUT2D eigenvalue weighted by atomic mass is 10.0. The summed E-state index contributed by atoms with van der Waals surface area (Å²) in [6.07, 6.45) is 3.52. The van der Waals surface area contributed by atoms with Gasteiger partial charge in [-0.15, -0.1) is 0 Å². The molecule has 0 aromatic heterocycles. The van der Waals surface area contributed by atoms with Crippen molar-refractivity contribution < 1.29 is 9.53 Å². The maximum Gasteiger partial charge on any atom is 0.251 e. The maximum atomic E-state index is 12.8. The van der Waals surface area contributed by atoms with E-state index in [-0.39, 0.29) is 11.9 Å². The smallest absolute Gasteiger partial charge is 0.251 e. The van der Waals surface area contributed by atoms with Crippen LogP contribution in [-0.2, 0) is 19.4 Å². The summed E-state index contributed by atoms with van der Waals surface area (Å²) >= 11 is 6.18. The molecule has 0 bridgehead atoms. The number of carbonyl (C=O) groups excluding carboxylic acids is 1. The molecule has 3 aromatic rings. The number of ether oxygens (including phenoxy) is 1. The lowest BCUT2D eigenvalue weighted by Crippen LogP contribution is -2.26. The molecule has 0 radical (unpaired) electrons. The highest BCUT2D eigenvalue weighted by atomic mass is 35.5. The van der Waals surface area contributed by atoms with Crippen molar-refractivity contribution in [2.75, 3.05) is 0 Å². The van der Waals surface area contributed by atoms with Crippen molar-refractivity contribution in [3.8, 4) is 5.75 Å². The first kappa shape index (κ1) is 19.5. The van der Waals surface area contributed by atoms with Gasteiger partial charge in [-0.1, -0.05) is 54.1 Å². The Morgan fingerprint density at radius 2 is 1.86 bits per heavy atom. The first-order valence-electron chi connectivity index (χ1n) is 9.99. The molecule has 0 spiro atoms. The number of carbonyl (C=O) groups is 1. The first-order valence-corrected chi connectivity index (χ1v) is 10.4. The van der Waals surface area contributed by atoms with Crippen LogP contribution in [-0.4, -0.2) is 5.91 Å². The molecule has 148 valence electrons. The molecule has 29 heavy (non-hydrogen) atoms. The molecule has 0 fully saturated rings. The van der Waals surface area contributed by atoms with Gasteiger partial charge < -0.3 is 10.1 Å². The van der Waals surface area contributed by atoms with E-state index in [9.17, 15) is 4.79 Å². The van der Waals surface area contributed by atoms with E-state index in [1.807, 2.05) is 43.3 Å². The van der Waals surface area contributed by atoms with Gasteiger partial charge in [-0.3, -0.25) is 4.79 Å². The number of fused-ring (bicyclic) bond motifs is 1. The van der Waals surface area contributed by atoms with Gasteiger partial charge >= 0.3 is 0 Å². The van der Waals surface area contributed by atoms with E-state index in [2.05, 4.69) is 23.5 Å². The Labute approximate surface area is 176 Å². The normalized spacial score (nSPS) is 13.6. The number of benzene rings is 3. The summed E-state index contributed by atoms with van der Waals surface area (Å²) in [4.78, 5) is 12.8. The second-order valence-corrected chi connectivity index (χ2v) is 7.89. The average molecular weight is 406 g/mol. The highest BCUT2D eigenvalue weighted by Gasteiger charge is 2.16. The largest absolute Gasteiger partial charge is 0.489 e. The van der Waals surface area contributed by atoms with Crippen molar-refractivity contribution in [1.29, 1.82) is 0 Å². The lowest BCUT2D eigenvalue weighted by molar-refractivity contribution is 0.0939. The van der Waals surface area contributed by atoms with E-state index in [4.69, 9.17) is 16.3 Å². The van der Waals surface area contributed by atoms with Crippen molar-refractivity contribution in [2.24, 2.45) is 0 Å². The van der Waals surface area contributed by atoms with Crippen LogP contribution >= 0.6 is 11.6 Å². The summed E-state index contributed by atoms with van der Waals surface area (Å²) in [6, 6.07) is 21.3. The van der Waals surface area contributed by atoms with Gasteiger partial charge in [0.25, 0.3) is 5.91 Å². The number of hydrogen-bond acceptors (Lipinski definition) is 2. The van der Waals surface area contributed by atoms with Crippen molar-refractivity contribution in [3.05, 3.63) is 99.6 Å². The van der Waals surface area contributed by atoms with Crippen molar-refractivity contribution in [2.45, 2.75) is 38.8 Å². The highest BCUT2D eigenvalue weighted by molar-refractivity contribution is 6.31. The number of nitrogens with one attached hydrogen (secondary N) is 1. The van der Waals surface area contributed by atoms with E-state index < -0.39 is 0 Å². The lowest BCUT2D eigenvalue weighted by Gasteiger charge is -2.16. The van der Waals surface area contributed by atoms with Crippen molar-refractivity contribution >= 4 is 17.5 Å². The molecule has 3 nitrogen and oxygen atoms in total. The molecule has 0 heterocycles. The fourth-order valence-corrected chi connectivity index (χ4v) is 3.92. The third kappa shape index (κ3) is 4.63. The van der Waals surface area contributed by atoms with Gasteiger partial charge in [0.2, 0.25) is 0 Å². The van der Waals surface area contributed by atoms with Gasteiger partial charge in [-0.2, -0.15) is 0 Å². The molecule has 1 amide bonds. The van der Waals surface area contributed by atoms with Crippen LogP contribution < -0.4 is 10.1 Å². The zero-order valence-corrected chi connectivity index (χ0v) is 17.2. The summed E-state index contributed by atoms with van der Waals surface area (Å²) in [5.41, 5.74) is 5.49. The maximum absolute atomic E-state index is 12.8. The number of amides is 1. The Kier molecular flexibility index (Phi) is 5.86. The van der Waals surface area contributed by atoms with Gasteiger partial charge in [0.05, 0.1) is 6.04 Å². The van der Waals surface area contributed by atoms with E-state index in [1.165, 1.54) is 17.5 Å². The minimum Gasteiger partial charge on any atom is -0.489 e. The quantitative estimate of drug-likeness (QED) is 0.554. The zero-order valence-electron chi connectivity index (χ0n) is 16.5. The third-order valence-corrected chi connectivity index (χ3v) is 5.79. The van der Waals surface area contributed by atoms with E-state index >= 15 is 0 Å². The van der Waals surface area contributed by atoms with E-state index in [0.717, 1.165) is 24.0 Å². The van der Waals surface area contributed by atoms with Crippen LogP contribution in [0.25, 0.3) is 0 Å². The van der Waals surface area contributed by atoms with E-state index in [0.29, 0.717) is 22.9 Å². The molecular weight excluding hydrogens is 382 g/mol. The summed E-state index contributed by atoms with van der Waals surface area (Å²) in [7, 11) is 0. The topological polar surface area (TPSA) is 38.3 Å². The summed E-state index contributed by atoms with van der Waals surface area (Å²) in [5.74, 6) is 0.531. The molecule has 0 saturated heterocycles. The van der Waals surface area contributed by atoms with Crippen LogP contribution in [0.2, 0.25) is 5.02 Å². The standard InChI is InChI=1S/C25H24ClNO2/c1-17(19-13-12-18-7-4-8-20(18)14-19)27-25(28)21-9-5-10-23(15-21)29-16-22-6-2-3-11-24(22)26/h2-3,5-6,9-15,17H,4,7-8,16H2,1H3,(H,27,28)/t17-/m0/s1. The van der Waals surface area contributed by atoms with Crippen molar-refractivity contribution in [3.63, 3.8) is 0 Å². The van der Waals surface area contributed by atoms with Crippen LogP contribution in [0.1, 0.15) is 52.0 Å². The third-order valence-electron chi connectivity index (χ3n) is 5.42. The number of rotatable bonds is 6. The predicted octanol–water partition coefficient (Wildman–Crippen LogP) is 5.90. The Morgan fingerprint density at radius 3 is 2.72 bits per heavy atom. The molecule has 1 N–H and O–H groups in total. The Balaban J connectivity index is 1.41. The fourth-order valence-electron chi connectivity index (χ4n) is 3.73. The van der Waals surface area contributed by atoms with Gasteiger partial charge in [0.1, 0.15) is 12.4 Å². The highest BCUT2D eigenvalue weighted by Crippen LogP contribution is 2.26. The minimum atomic E-state index is -0.110. The van der Waals surface area contributed by atoms with Crippen LogP contribution in [0.3, 0.4) is 0 Å². The predicted molar refractivity (Wildman–Crippen MR) is 117 cm³/mol. The molecule has 1 aliphatic rings. The number of aryl methyl sites for hydroxylation is 2. The number of halogens is 1. The molecule has 0 unspecified atom stereocenters. The zero-order chi connectivity index (χ0) is 20.2. The minimum absolute atomic E-state index is 0.0545. The second-order valence-electron chi connectivity index (χ2n) is 7.48. The Bertz CT molecular complexity index is 1030. The molecular formula is C25H24ClNO2. The fraction of sp³-hybridized carbons (Fsp3) is 0.240. The summed E-state index contributed by atoms with van der Waals surface area (Å²) in [6.45, 7) is 2.38. The van der Waals surface area contributed by atoms with Crippen molar-refractivity contribution in [1.82, 2.24) is 5.32 Å². The van der Waals surface area contributed by atoms with Crippen LogP contribution in [0.4, 0.5) is 0 Å². The SMILES string of the molecule is C[C@H](NC(=O)c1cccc(OCc2ccccc2Cl)c1)c1ccc2c(c1)CCC2. The molecule has 0 saturated carbocycles. The molecule has 0 aliphatic heterocycles. The van der Waals surface area contributed by atoms with Gasteiger partial charge in [-0.05, 0) is 67.1 Å². The van der Waals surface area contributed by atoms with Gasteiger partial charge in [0.15, 0.2) is 0 Å². The molecule has 4 rings (SSSR count). The van der Waals surface area contributed by atoms with Gasteiger partial charge in [-0.25, -0.2) is 0 Å². The molecule has 1 aliphatic carbocycles. The molecule has 3 aromatic carbocycles. The van der Waals surface area contributed by atoms with Crippen LogP contribution in [0.5, 0.6) is 5.75 Å².